The van der Waals surface area contributed by atoms with E-state index in [0.29, 0.717) is 12.2 Å². The summed E-state index contributed by atoms with van der Waals surface area (Å²) < 4.78 is 0. The van der Waals surface area contributed by atoms with Crippen LogP contribution in [0.15, 0.2) is 97.6 Å². The summed E-state index contributed by atoms with van der Waals surface area (Å²) in [5.41, 5.74) is 7.56. The number of allylic oxidation sites excluding steroid dienone is 8. The molecule has 1 aliphatic carbocycles. The van der Waals surface area contributed by atoms with Crippen LogP contribution in [0.4, 0.5) is 5.69 Å². The van der Waals surface area contributed by atoms with Gasteiger partial charge < -0.3 is 15.2 Å². The van der Waals surface area contributed by atoms with E-state index < -0.39 is 6.04 Å². The smallest absolute Gasteiger partial charge is 0.246 e. The molecule has 5 nitrogen and oxygen atoms in total. The lowest BCUT2D eigenvalue weighted by atomic mass is 9.97. The predicted octanol–water partition coefficient (Wildman–Crippen LogP) is 7.86. The largest absolute Gasteiger partial charge is 0.354 e. The van der Waals surface area contributed by atoms with Gasteiger partial charge in [0, 0.05) is 28.7 Å². The number of unbranched alkanes of at least 4 members (excludes halogenated alkanes) is 1. The molecule has 0 spiro atoms. The van der Waals surface area contributed by atoms with Crippen molar-refractivity contribution >= 4 is 39.6 Å². The number of nitrogens with one attached hydrogen (secondary N) is 2. The first-order chi connectivity index (χ1) is 19.3. The zero-order valence-electron chi connectivity index (χ0n) is 23.8. The maximum Gasteiger partial charge on any atom is 0.246 e. The molecule has 2 amide bonds. The number of nitrogens with zero attached hydrogens (tertiary/aromatic N) is 1. The molecule has 1 aromatic heterocycles. The van der Waals surface area contributed by atoms with Crippen LogP contribution >= 0.6 is 0 Å². The minimum Gasteiger partial charge on any atom is -0.354 e. The first-order valence-electron chi connectivity index (χ1n) is 14.0. The summed E-state index contributed by atoms with van der Waals surface area (Å²) >= 11 is 0. The number of fused-ring (bicyclic) bond motifs is 1. The Hall–Kier alpha value is -4.38. The van der Waals surface area contributed by atoms with Crippen LogP contribution < -0.4 is 5.32 Å². The van der Waals surface area contributed by atoms with Crippen molar-refractivity contribution in [3.05, 3.63) is 114 Å². The van der Waals surface area contributed by atoms with Crippen LogP contribution in [0.3, 0.4) is 0 Å². The molecule has 2 N–H and O–H groups in total. The van der Waals surface area contributed by atoms with Gasteiger partial charge in [0.25, 0.3) is 0 Å². The summed E-state index contributed by atoms with van der Waals surface area (Å²) in [6, 6.07) is 14.9. The van der Waals surface area contributed by atoms with Crippen molar-refractivity contribution in [3.63, 3.8) is 0 Å². The van der Waals surface area contributed by atoms with Crippen molar-refractivity contribution in [2.75, 3.05) is 11.9 Å². The highest BCUT2D eigenvalue weighted by Crippen LogP contribution is 2.36. The summed E-state index contributed by atoms with van der Waals surface area (Å²) in [5.74, 6) is -0.259. The Labute approximate surface area is 237 Å². The van der Waals surface area contributed by atoms with Crippen molar-refractivity contribution in [3.8, 4) is 0 Å². The Balaban J connectivity index is 1.63. The van der Waals surface area contributed by atoms with Crippen LogP contribution in [0.5, 0.6) is 0 Å². The fourth-order valence-corrected chi connectivity index (χ4v) is 4.99. The normalized spacial score (nSPS) is 13.7. The molecule has 1 aliphatic rings. The average molecular weight is 534 g/mol. The van der Waals surface area contributed by atoms with Crippen molar-refractivity contribution in [2.24, 2.45) is 0 Å². The fourth-order valence-electron chi connectivity index (χ4n) is 4.99. The number of hydrogen-bond donors (Lipinski definition) is 2. The first kappa shape index (κ1) is 28.6. The maximum atomic E-state index is 13.5. The van der Waals surface area contributed by atoms with Crippen LogP contribution in [-0.2, 0) is 16.0 Å². The van der Waals surface area contributed by atoms with Crippen molar-refractivity contribution in [2.45, 2.75) is 52.5 Å². The molecule has 0 fully saturated rings. The number of aromatic amines is 1. The van der Waals surface area contributed by atoms with Gasteiger partial charge in [-0.1, -0.05) is 92.8 Å². The number of H-pyrrole nitrogens is 1. The number of hydrogen-bond acceptors (Lipinski definition) is 2. The molecular weight excluding hydrogens is 494 g/mol. The van der Waals surface area contributed by atoms with E-state index in [0.717, 1.165) is 58.1 Å². The molecule has 40 heavy (non-hydrogen) atoms. The molecule has 206 valence electrons. The Morgan fingerprint density at radius 3 is 2.67 bits per heavy atom. The number of benzene rings is 2. The van der Waals surface area contributed by atoms with E-state index >= 15 is 0 Å². The van der Waals surface area contributed by atoms with Gasteiger partial charge in [0.1, 0.15) is 6.04 Å². The van der Waals surface area contributed by atoms with Gasteiger partial charge in [-0.15, -0.1) is 0 Å². The second-order valence-corrected chi connectivity index (χ2v) is 10.3. The van der Waals surface area contributed by atoms with Crippen LogP contribution in [-0.4, -0.2) is 34.3 Å². The molecule has 1 unspecified atom stereocenters. The molecule has 1 atom stereocenters. The van der Waals surface area contributed by atoms with Gasteiger partial charge in [0.05, 0.1) is 12.1 Å². The third-order valence-corrected chi connectivity index (χ3v) is 7.30. The quantitative estimate of drug-likeness (QED) is 0.247. The summed E-state index contributed by atoms with van der Waals surface area (Å²) in [6.45, 7) is 14.6. The zero-order chi connectivity index (χ0) is 28.6. The van der Waals surface area contributed by atoms with E-state index in [2.05, 4.69) is 61.6 Å². The average Bonchev–Trinajstić information content (AvgIpc) is 3.20. The molecule has 0 saturated heterocycles. The number of rotatable bonds is 11. The van der Waals surface area contributed by atoms with Crippen molar-refractivity contribution in [1.29, 1.82) is 0 Å². The third-order valence-electron chi connectivity index (χ3n) is 7.30. The van der Waals surface area contributed by atoms with Gasteiger partial charge in [0.15, 0.2) is 0 Å². The van der Waals surface area contributed by atoms with Crippen LogP contribution in [0.1, 0.15) is 56.9 Å². The van der Waals surface area contributed by atoms with Gasteiger partial charge in [-0.3, -0.25) is 9.59 Å². The molecule has 1 heterocycles. The molecular formula is C35H39N3O2. The van der Waals surface area contributed by atoms with Gasteiger partial charge in [-0.25, -0.2) is 0 Å². The molecule has 0 aliphatic heterocycles. The molecule has 3 aromatic rings. The van der Waals surface area contributed by atoms with E-state index in [1.807, 2.05) is 48.5 Å². The molecule has 0 radical (unpaired) electrons. The summed E-state index contributed by atoms with van der Waals surface area (Å²) in [6.07, 6.45) is 13.3. The predicted molar refractivity (Wildman–Crippen MR) is 168 cm³/mol. The van der Waals surface area contributed by atoms with E-state index in [-0.39, 0.29) is 18.2 Å². The second-order valence-electron chi connectivity index (χ2n) is 10.3. The fraction of sp³-hybridized carbons (Fsp3) is 0.257. The van der Waals surface area contributed by atoms with Gasteiger partial charge in [-0.2, -0.15) is 0 Å². The highest BCUT2D eigenvalue weighted by Gasteiger charge is 2.26. The molecule has 2 aromatic carbocycles. The maximum absolute atomic E-state index is 13.5. The van der Waals surface area contributed by atoms with Gasteiger partial charge in [0.2, 0.25) is 11.8 Å². The standard InChI is InChI=1S/C35H39N3O2/c1-6-8-20-38(32(39)22-27-15-10-9-11-16-27)26(5)35(40)36-29-18-19-31-30(23-29)33(34(37-31)25(4)7-2)28-17-13-12-14-24(3)21-28/h7,9-11,13-19,21,23,26,37H,2,4,6,8,12,20,22H2,1,3,5H3,(H,36,40). The third kappa shape index (κ3) is 6.60. The van der Waals surface area contributed by atoms with E-state index in [1.165, 1.54) is 5.57 Å². The lowest BCUT2D eigenvalue weighted by molar-refractivity contribution is -0.137. The van der Waals surface area contributed by atoms with Gasteiger partial charge in [-0.05, 0) is 61.6 Å². The van der Waals surface area contributed by atoms with Crippen molar-refractivity contribution in [1.82, 2.24) is 9.88 Å². The Bertz CT molecular complexity index is 1500. The number of anilines is 1. The van der Waals surface area contributed by atoms with Crippen molar-refractivity contribution < 1.29 is 9.59 Å². The number of carbonyl (C=O) groups is 2. The summed E-state index contributed by atoms with van der Waals surface area (Å²) in [4.78, 5) is 31.9. The molecule has 4 rings (SSSR count). The molecule has 0 saturated carbocycles. The van der Waals surface area contributed by atoms with Crippen LogP contribution in [0.25, 0.3) is 22.0 Å². The summed E-state index contributed by atoms with van der Waals surface area (Å²) in [7, 11) is 0. The minimum absolute atomic E-state index is 0.0474. The Morgan fingerprint density at radius 1 is 1.18 bits per heavy atom. The number of amides is 2. The Morgan fingerprint density at radius 2 is 1.95 bits per heavy atom. The monoisotopic (exact) mass is 533 g/mol. The minimum atomic E-state index is -0.611. The highest BCUT2D eigenvalue weighted by atomic mass is 16.2. The number of aromatic nitrogens is 1. The number of carbonyl (C=O) groups excluding carboxylic acids is 2. The summed E-state index contributed by atoms with van der Waals surface area (Å²) in [5, 5.41) is 4.06. The SMILES string of the molecule is C=CC(=C)c1[nH]c2ccc(NC(=O)C(C)N(CCCC)C(=O)Cc3ccccc3)cc2c1C1=CC(C)=CCC=C1. The van der Waals surface area contributed by atoms with Crippen LogP contribution in [0, 0.1) is 0 Å². The van der Waals surface area contributed by atoms with E-state index in [9.17, 15) is 9.59 Å². The lowest BCUT2D eigenvalue weighted by Gasteiger charge is -2.28. The van der Waals surface area contributed by atoms with Crippen LogP contribution in [0.2, 0.25) is 0 Å². The van der Waals surface area contributed by atoms with E-state index in [4.69, 9.17) is 0 Å². The highest BCUT2D eigenvalue weighted by molar-refractivity contribution is 6.04. The molecule has 0 bridgehead atoms. The first-order valence-corrected chi connectivity index (χ1v) is 14.0. The van der Waals surface area contributed by atoms with E-state index in [1.54, 1.807) is 17.9 Å². The zero-order valence-corrected chi connectivity index (χ0v) is 23.8. The topological polar surface area (TPSA) is 65.2 Å². The lowest BCUT2D eigenvalue weighted by Crippen LogP contribution is -2.46. The Kier molecular flexibility index (Phi) is 9.39. The van der Waals surface area contributed by atoms with Gasteiger partial charge >= 0.3 is 0 Å². The molecule has 5 heteroatoms. The second kappa shape index (κ2) is 13.1.